The summed E-state index contributed by atoms with van der Waals surface area (Å²) >= 11 is 3.24. The van der Waals surface area contributed by atoms with Gasteiger partial charge in [0.25, 0.3) is 5.56 Å². The van der Waals surface area contributed by atoms with Crippen LogP contribution in [0.2, 0.25) is 0 Å². The fourth-order valence-electron chi connectivity index (χ4n) is 4.22. The SMILES string of the molecule is CCOC(=O)[C@H]1CCc2c(N3CCN(C(=O)OC(C)(C)C)CC3)c(=O)n3nc(Br)nc3n21. The second kappa shape index (κ2) is 8.38. The summed E-state index contributed by atoms with van der Waals surface area (Å²) in [4.78, 5) is 46.3. The van der Waals surface area contributed by atoms with Gasteiger partial charge in [0, 0.05) is 26.2 Å². The van der Waals surface area contributed by atoms with Crippen molar-refractivity contribution in [2.75, 3.05) is 37.7 Å². The Bertz CT molecular complexity index is 1110. The van der Waals surface area contributed by atoms with Gasteiger partial charge in [-0.1, -0.05) is 0 Å². The number of aromatic nitrogens is 4. The Morgan fingerprint density at radius 3 is 2.50 bits per heavy atom. The number of rotatable bonds is 3. The highest BCUT2D eigenvalue weighted by atomic mass is 79.9. The predicted octanol–water partition coefficient (Wildman–Crippen LogP) is 1.76. The minimum Gasteiger partial charge on any atom is -0.464 e. The van der Waals surface area contributed by atoms with Crippen molar-refractivity contribution in [3.05, 3.63) is 20.8 Å². The lowest BCUT2D eigenvalue weighted by Gasteiger charge is -2.37. The molecule has 0 spiro atoms. The van der Waals surface area contributed by atoms with E-state index in [2.05, 4.69) is 26.0 Å². The summed E-state index contributed by atoms with van der Waals surface area (Å²) in [7, 11) is 0. The number of ether oxygens (including phenoxy) is 2. The molecule has 1 fully saturated rings. The molecule has 32 heavy (non-hydrogen) atoms. The Morgan fingerprint density at radius 1 is 1.19 bits per heavy atom. The standard InChI is InChI=1S/C20H27BrN6O5/c1-5-31-16(29)13-7-6-12-14(15(28)27-18(26(12)13)22-17(21)23-27)24-8-10-25(11-9-24)19(30)32-20(2,3)4/h13H,5-11H2,1-4H3/t13-/m1/s1. The first-order valence-corrected chi connectivity index (χ1v) is 11.5. The van der Waals surface area contributed by atoms with E-state index in [1.165, 1.54) is 4.52 Å². The van der Waals surface area contributed by atoms with Crippen LogP contribution in [0.15, 0.2) is 9.53 Å². The van der Waals surface area contributed by atoms with Crippen LogP contribution >= 0.6 is 15.9 Å². The van der Waals surface area contributed by atoms with E-state index in [0.29, 0.717) is 50.5 Å². The van der Waals surface area contributed by atoms with E-state index in [0.717, 1.165) is 5.69 Å². The van der Waals surface area contributed by atoms with E-state index in [1.54, 1.807) is 16.4 Å². The number of carbonyl (C=O) groups is 2. The molecule has 0 radical (unpaired) electrons. The van der Waals surface area contributed by atoms with Gasteiger partial charge in [-0.3, -0.25) is 9.36 Å². The first-order chi connectivity index (χ1) is 15.1. The third-order valence-electron chi connectivity index (χ3n) is 5.51. The zero-order chi connectivity index (χ0) is 23.2. The number of halogens is 1. The third kappa shape index (κ3) is 4.07. The third-order valence-corrected chi connectivity index (χ3v) is 5.85. The van der Waals surface area contributed by atoms with E-state index >= 15 is 0 Å². The van der Waals surface area contributed by atoms with Gasteiger partial charge >= 0.3 is 12.1 Å². The van der Waals surface area contributed by atoms with Crippen LogP contribution in [0.1, 0.15) is 45.9 Å². The fraction of sp³-hybridized carbons (Fsp3) is 0.650. The molecule has 174 valence electrons. The van der Waals surface area contributed by atoms with Crippen molar-refractivity contribution in [2.24, 2.45) is 0 Å². The van der Waals surface area contributed by atoms with Crippen molar-refractivity contribution in [3.8, 4) is 0 Å². The second-order valence-corrected chi connectivity index (χ2v) is 9.53. The van der Waals surface area contributed by atoms with Crippen LogP contribution in [0.5, 0.6) is 0 Å². The Balaban J connectivity index is 1.68. The largest absolute Gasteiger partial charge is 0.464 e. The lowest BCUT2D eigenvalue weighted by Crippen LogP contribution is -2.51. The number of hydrogen-bond donors (Lipinski definition) is 0. The van der Waals surface area contributed by atoms with Crippen LogP contribution in [-0.4, -0.2) is 74.5 Å². The highest BCUT2D eigenvalue weighted by Crippen LogP contribution is 2.34. The first-order valence-electron chi connectivity index (χ1n) is 10.7. The van der Waals surface area contributed by atoms with Gasteiger partial charge in [0.15, 0.2) is 0 Å². The molecule has 12 heteroatoms. The Morgan fingerprint density at radius 2 is 1.88 bits per heavy atom. The van der Waals surface area contributed by atoms with Crippen LogP contribution in [0.3, 0.4) is 0 Å². The minimum atomic E-state index is -0.568. The van der Waals surface area contributed by atoms with Crippen molar-refractivity contribution in [2.45, 2.75) is 52.2 Å². The van der Waals surface area contributed by atoms with Gasteiger partial charge in [-0.15, -0.1) is 5.10 Å². The molecule has 1 atom stereocenters. The van der Waals surface area contributed by atoms with E-state index < -0.39 is 11.6 Å². The van der Waals surface area contributed by atoms with Gasteiger partial charge < -0.3 is 19.3 Å². The van der Waals surface area contributed by atoms with Crippen molar-refractivity contribution in [3.63, 3.8) is 0 Å². The molecule has 0 saturated carbocycles. The van der Waals surface area contributed by atoms with Crippen LogP contribution in [0.4, 0.5) is 10.5 Å². The molecule has 2 aromatic heterocycles. The Labute approximate surface area is 193 Å². The molecule has 0 N–H and O–H groups in total. The molecule has 1 saturated heterocycles. The maximum absolute atomic E-state index is 13.4. The number of piperazine rings is 1. The summed E-state index contributed by atoms with van der Waals surface area (Å²) in [5.41, 5.74) is 0.373. The highest BCUT2D eigenvalue weighted by Gasteiger charge is 2.37. The minimum absolute atomic E-state index is 0.269. The van der Waals surface area contributed by atoms with Gasteiger partial charge in [0.1, 0.15) is 17.3 Å². The molecule has 0 aliphatic carbocycles. The summed E-state index contributed by atoms with van der Waals surface area (Å²) in [6.45, 7) is 9.31. The first kappa shape index (κ1) is 22.6. The average Bonchev–Trinajstić information content (AvgIpc) is 3.31. The molecule has 2 aliphatic rings. The van der Waals surface area contributed by atoms with Gasteiger partial charge in [-0.05, 0) is 56.5 Å². The van der Waals surface area contributed by atoms with Crippen molar-refractivity contribution >= 4 is 39.5 Å². The highest BCUT2D eigenvalue weighted by molar-refractivity contribution is 9.10. The van der Waals surface area contributed by atoms with Gasteiger partial charge in [0.2, 0.25) is 10.5 Å². The topological polar surface area (TPSA) is 111 Å². The molecule has 4 rings (SSSR count). The number of carbonyl (C=O) groups excluding carboxylic acids is 2. The quantitative estimate of drug-likeness (QED) is 0.574. The van der Waals surface area contributed by atoms with Crippen molar-refractivity contribution < 1.29 is 19.1 Å². The van der Waals surface area contributed by atoms with Crippen molar-refractivity contribution in [1.82, 2.24) is 24.1 Å². The van der Waals surface area contributed by atoms with Crippen LogP contribution in [-0.2, 0) is 20.7 Å². The molecule has 1 amide bonds. The van der Waals surface area contributed by atoms with E-state index in [1.807, 2.05) is 25.7 Å². The molecule has 0 unspecified atom stereocenters. The van der Waals surface area contributed by atoms with Gasteiger partial charge in [0.05, 0.1) is 12.3 Å². The molecular weight excluding hydrogens is 484 g/mol. The fourth-order valence-corrected chi connectivity index (χ4v) is 4.53. The maximum Gasteiger partial charge on any atom is 0.410 e. The number of nitrogens with zero attached hydrogens (tertiary/aromatic N) is 6. The Hall–Kier alpha value is -2.63. The number of anilines is 1. The van der Waals surface area contributed by atoms with Crippen LogP contribution < -0.4 is 10.5 Å². The molecule has 0 bridgehead atoms. The molecule has 2 aromatic rings. The summed E-state index contributed by atoms with van der Waals surface area (Å²) < 4.78 is 14.0. The number of amides is 1. The molecular formula is C20H27BrN6O5. The predicted molar refractivity (Wildman–Crippen MR) is 119 cm³/mol. The zero-order valence-corrected chi connectivity index (χ0v) is 20.2. The number of hydrogen-bond acceptors (Lipinski definition) is 8. The lowest BCUT2D eigenvalue weighted by atomic mass is 10.2. The smallest absolute Gasteiger partial charge is 0.410 e. The van der Waals surface area contributed by atoms with Crippen LogP contribution in [0, 0.1) is 0 Å². The summed E-state index contributed by atoms with van der Waals surface area (Å²) in [5.74, 6) is -0.0415. The normalized spacial score (nSPS) is 18.7. The van der Waals surface area contributed by atoms with E-state index in [-0.39, 0.29) is 29.0 Å². The van der Waals surface area contributed by atoms with Gasteiger partial charge in [-0.2, -0.15) is 9.50 Å². The molecule has 11 nitrogen and oxygen atoms in total. The zero-order valence-electron chi connectivity index (χ0n) is 18.6. The Kier molecular flexibility index (Phi) is 5.91. The summed E-state index contributed by atoms with van der Waals surface area (Å²) in [6, 6.07) is -0.564. The maximum atomic E-state index is 13.4. The monoisotopic (exact) mass is 510 g/mol. The summed E-state index contributed by atoms with van der Waals surface area (Å²) in [6.07, 6.45) is 0.700. The van der Waals surface area contributed by atoms with Crippen LogP contribution in [0.25, 0.3) is 5.78 Å². The van der Waals surface area contributed by atoms with Crippen molar-refractivity contribution in [1.29, 1.82) is 0 Å². The average molecular weight is 511 g/mol. The number of fused-ring (bicyclic) bond motifs is 3. The molecule has 2 aliphatic heterocycles. The molecule has 4 heterocycles. The summed E-state index contributed by atoms with van der Waals surface area (Å²) in [5, 5.41) is 4.19. The second-order valence-electron chi connectivity index (χ2n) is 8.82. The number of esters is 1. The van der Waals surface area contributed by atoms with E-state index in [4.69, 9.17) is 9.47 Å². The molecule has 0 aromatic carbocycles. The van der Waals surface area contributed by atoms with Gasteiger partial charge in [-0.25, -0.2) is 9.59 Å². The lowest BCUT2D eigenvalue weighted by molar-refractivity contribution is -0.146. The van der Waals surface area contributed by atoms with E-state index in [9.17, 15) is 14.4 Å².